The van der Waals surface area contributed by atoms with Crippen molar-refractivity contribution in [3.05, 3.63) is 45.6 Å². The van der Waals surface area contributed by atoms with Crippen molar-refractivity contribution < 1.29 is 4.79 Å². The molecule has 2 aromatic heterocycles. The van der Waals surface area contributed by atoms with Gasteiger partial charge in [0, 0.05) is 23.1 Å². The van der Waals surface area contributed by atoms with Crippen LogP contribution in [0.15, 0.2) is 39.6 Å². The van der Waals surface area contributed by atoms with Crippen molar-refractivity contribution in [1.82, 2.24) is 9.97 Å². The molecule has 1 aromatic carbocycles. The molecule has 0 aliphatic rings. The SMILES string of the molecule is CC(=O)CCSc1nc2scc(-c3ccc(C(C)(C)C)cc3)c2c(=O)[nH]1. The molecule has 0 fully saturated rings. The Morgan fingerprint density at radius 3 is 2.54 bits per heavy atom. The summed E-state index contributed by atoms with van der Waals surface area (Å²) in [4.78, 5) is 31.8. The Morgan fingerprint density at radius 1 is 1.23 bits per heavy atom. The van der Waals surface area contributed by atoms with Gasteiger partial charge in [-0.3, -0.25) is 9.59 Å². The van der Waals surface area contributed by atoms with E-state index in [2.05, 4.69) is 55.0 Å². The first-order valence-electron chi connectivity index (χ1n) is 8.50. The van der Waals surface area contributed by atoms with Gasteiger partial charge in [-0.1, -0.05) is 56.8 Å². The number of nitrogens with zero attached hydrogens (tertiary/aromatic N) is 1. The van der Waals surface area contributed by atoms with Gasteiger partial charge < -0.3 is 4.98 Å². The fourth-order valence-electron chi connectivity index (χ4n) is 2.65. The fraction of sp³-hybridized carbons (Fsp3) is 0.350. The predicted octanol–water partition coefficient (Wildman–Crippen LogP) is 5.02. The maximum Gasteiger partial charge on any atom is 0.260 e. The van der Waals surface area contributed by atoms with Gasteiger partial charge in [0.15, 0.2) is 5.16 Å². The zero-order chi connectivity index (χ0) is 18.9. The van der Waals surface area contributed by atoms with Crippen molar-refractivity contribution in [2.45, 2.75) is 44.7 Å². The summed E-state index contributed by atoms with van der Waals surface area (Å²) in [5.74, 6) is 0.758. The van der Waals surface area contributed by atoms with Crippen molar-refractivity contribution in [1.29, 1.82) is 0 Å². The number of hydrogen-bond donors (Lipinski definition) is 1. The summed E-state index contributed by atoms with van der Waals surface area (Å²) < 4.78 is 0. The molecule has 0 aliphatic carbocycles. The van der Waals surface area contributed by atoms with Crippen LogP contribution in [0.25, 0.3) is 21.3 Å². The van der Waals surface area contributed by atoms with E-state index >= 15 is 0 Å². The molecule has 0 unspecified atom stereocenters. The fourth-order valence-corrected chi connectivity index (χ4v) is 4.56. The number of ketones is 1. The second-order valence-corrected chi connectivity index (χ2v) is 9.27. The quantitative estimate of drug-likeness (QED) is 0.494. The third-order valence-corrected chi connectivity index (χ3v) is 5.92. The second-order valence-electron chi connectivity index (χ2n) is 7.33. The highest BCUT2D eigenvalue weighted by atomic mass is 32.2. The highest BCUT2D eigenvalue weighted by Gasteiger charge is 2.16. The zero-order valence-electron chi connectivity index (χ0n) is 15.4. The number of benzene rings is 1. The molecule has 136 valence electrons. The van der Waals surface area contributed by atoms with Crippen molar-refractivity contribution >= 4 is 39.1 Å². The summed E-state index contributed by atoms with van der Waals surface area (Å²) in [6.45, 7) is 8.11. The number of Topliss-reactive ketones (excluding diaryl/α,β-unsaturated/α-hetero) is 1. The first kappa shape index (κ1) is 18.9. The predicted molar refractivity (Wildman–Crippen MR) is 110 cm³/mol. The number of thiophene rings is 1. The minimum atomic E-state index is -0.128. The molecular weight excluding hydrogens is 364 g/mol. The topological polar surface area (TPSA) is 62.8 Å². The first-order chi connectivity index (χ1) is 12.3. The molecule has 2 heterocycles. The summed E-state index contributed by atoms with van der Waals surface area (Å²) in [6.07, 6.45) is 0.474. The van der Waals surface area contributed by atoms with Crippen molar-refractivity contribution in [3.63, 3.8) is 0 Å². The number of fused-ring (bicyclic) bond motifs is 1. The van der Waals surface area contributed by atoms with Crippen LogP contribution >= 0.6 is 23.1 Å². The van der Waals surface area contributed by atoms with E-state index in [-0.39, 0.29) is 16.8 Å². The van der Waals surface area contributed by atoms with E-state index in [9.17, 15) is 9.59 Å². The van der Waals surface area contributed by atoms with Crippen LogP contribution in [0.4, 0.5) is 0 Å². The van der Waals surface area contributed by atoms with Gasteiger partial charge in [-0.25, -0.2) is 4.98 Å². The number of aromatic nitrogens is 2. The van der Waals surface area contributed by atoms with E-state index in [1.807, 2.05) is 5.38 Å². The minimum absolute atomic E-state index is 0.0975. The molecule has 0 amide bonds. The Bertz CT molecular complexity index is 995. The third kappa shape index (κ3) is 4.07. The standard InChI is InChI=1S/C20H22N2O2S2/c1-12(23)9-10-25-19-21-17(24)16-15(11-26-18(16)22-19)13-5-7-14(8-6-13)20(2,3)4/h5-8,11H,9-10H2,1-4H3,(H,21,22,24). The molecule has 1 N–H and O–H groups in total. The maximum atomic E-state index is 12.6. The van der Waals surface area contributed by atoms with Gasteiger partial charge in [0.05, 0.1) is 5.39 Å². The molecule has 0 saturated heterocycles. The summed E-state index contributed by atoms with van der Waals surface area (Å²) >= 11 is 2.88. The Hall–Kier alpha value is -1.92. The normalized spacial score (nSPS) is 11.8. The molecule has 0 bridgehead atoms. The lowest BCUT2D eigenvalue weighted by molar-refractivity contribution is -0.116. The molecule has 26 heavy (non-hydrogen) atoms. The number of nitrogens with one attached hydrogen (secondary N) is 1. The van der Waals surface area contributed by atoms with Crippen molar-refractivity contribution in [2.24, 2.45) is 0 Å². The number of carbonyl (C=O) groups excluding carboxylic acids is 1. The third-order valence-electron chi connectivity index (χ3n) is 4.18. The average Bonchev–Trinajstić information content (AvgIpc) is 2.98. The van der Waals surface area contributed by atoms with Crippen LogP contribution in [-0.4, -0.2) is 21.5 Å². The molecule has 3 rings (SSSR count). The molecule has 0 spiro atoms. The number of carbonyl (C=O) groups is 1. The number of thioether (sulfide) groups is 1. The summed E-state index contributed by atoms with van der Waals surface area (Å²) in [7, 11) is 0. The summed E-state index contributed by atoms with van der Waals surface area (Å²) in [5, 5.41) is 3.19. The average molecular weight is 387 g/mol. The molecule has 3 aromatic rings. The first-order valence-corrected chi connectivity index (χ1v) is 10.4. The summed E-state index contributed by atoms with van der Waals surface area (Å²) in [5.41, 5.74) is 3.17. The number of H-pyrrole nitrogens is 1. The highest BCUT2D eigenvalue weighted by Crippen LogP contribution is 2.33. The molecule has 0 atom stereocenters. The smallest absolute Gasteiger partial charge is 0.260 e. The van der Waals surface area contributed by atoms with Gasteiger partial charge in [0.25, 0.3) is 5.56 Å². The lowest BCUT2D eigenvalue weighted by Gasteiger charge is -2.19. The minimum Gasteiger partial charge on any atom is -0.301 e. The Balaban J connectivity index is 1.93. The molecule has 0 aliphatic heterocycles. The van der Waals surface area contributed by atoms with Gasteiger partial charge in [-0.05, 0) is 23.5 Å². The number of rotatable bonds is 5. The lowest BCUT2D eigenvalue weighted by Crippen LogP contribution is -2.10. The van der Waals surface area contributed by atoms with Gasteiger partial charge in [-0.2, -0.15) is 0 Å². The highest BCUT2D eigenvalue weighted by molar-refractivity contribution is 7.99. The number of hydrogen-bond acceptors (Lipinski definition) is 5. The lowest BCUT2D eigenvalue weighted by atomic mass is 9.86. The van der Waals surface area contributed by atoms with Gasteiger partial charge in [0.1, 0.15) is 10.6 Å². The van der Waals surface area contributed by atoms with E-state index < -0.39 is 0 Å². The molecule has 6 heteroatoms. The Labute approximate surface area is 161 Å². The monoisotopic (exact) mass is 386 g/mol. The van der Waals surface area contributed by atoms with Crippen molar-refractivity contribution in [2.75, 3.05) is 5.75 Å². The van der Waals surface area contributed by atoms with E-state index in [4.69, 9.17) is 0 Å². The van der Waals surface area contributed by atoms with Crippen LogP contribution in [0.5, 0.6) is 0 Å². The van der Waals surface area contributed by atoms with Crippen molar-refractivity contribution in [3.8, 4) is 11.1 Å². The summed E-state index contributed by atoms with van der Waals surface area (Å²) in [6, 6.07) is 8.37. The molecule has 0 radical (unpaired) electrons. The van der Waals surface area contributed by atoms with Crippen LogP contribution in [0.1, 0.15) is 39.7 Å². The van der Waals surface area contributed by atoms with Crippen LogP contribution in [0.2, 0.25) is 0 Å². The Kier molecular flexibility index (Phi) is 5.34. The van der Waals surface area contributed by atoms with Crippen LogP contribution in [0.3, 0.4) is 0 Å². The van der Waals surface area contributed by atoms with Gasteiger partial charge >= 0.3 is 0 Å². The molecule has 0 saturated carbocycles. The Morgan fingerprint density at radius 2 is 1.92 bits per heavy atom. The number of aromatic amines is 1. The second kappa shape index (κ2) is 7.37. The largest absolute Gasteiger partial charge is 0.301 e. The van der Waals surface area contributed by atoms with E-state index in [1.54, 1.807) is 6.92 Å². The zero-order valence-corrected chi connectivity index (χ0v) is 17.0. The van der Waals surface area contributed by atoms with E-state index in [0.717, 1.165) is 16.0 Å². The van der Waals surface area contributed by atoms with Crippen LogP contribution < -0.4 is 5.56 Å². The van der Waals surface area contributed by atoms with Gasteiger partial charge in [0.2, 0.25) is 0 Å². The molecular formula is C20H22N2O2S2. The van der Waals surface area contributed by atoms with Crippen LogP contribution in [0, 0.1) is 0 Å². The van der Waals surface area contributed by atoms with Gasteiger partial charge in [-0.15, -0.1) is 11.3 Å². The maximum absolute atomic E-state index is 12.6. The van der Waals surface area contributed by atoms with Crippen LogP contribution in [-0.2, 0) is 10.2 Å². The van der Waals surface area contributed by atoms with E-state index in [0.29, 0.717) is 22.7 Å². The molecule has 4 nitrogen and oxygen atoms in total. The van der Waals surface area contributed by atoms with E-state index in [1.165, 1.54) is 28.7 Å².